The number of rotatable bonds is 12. The molecule has 0 atom stereocenters. The summed E-state index contributed by atoms with van der Waals surface area (Å²) in [6.45, 7) is 3.87. The number of benzene rings is 4. The zero-order valence-electron chi connectivity index (χ0n) is 36.5. The molecule has 0 amide bonds. The van der Waals surface area contributed by atoms with Crippen molar-refractivity contribution in [1.82, 2.24) is 9.97 Å². The molecule has 342 valence electrons. The second-order valence-electron chi connectivity index (χ2n) is 14.5. The summed E-state index contributed by atoms with van der Waals surface area (Å²) in [4.78, 5) is 69.3. The normalized spacial score (nSPS) is 11.4. The van der Waals surface area contributed by atoms with Gasteiger partial charge in [-0.25, -0.2) is 14.4 Å². The summed E-state index contributed by atoms with van der Waals surface area (Å²) in [5.41, 5.74) is 4.06. The quantitative estimate of drug-likeness (QED) is 0.0494. The summed E-state index contributed by atoms with van der Waals surface area (Å²) < 4.78 is 0. The minimum atomic E-state index is -0.946. The van der Waals surface area contributed by atoms with E-state index in [0.717, 1.165) is 89.5 Å². The van der Waals surface area contributed by atoms with Crippen molar-refractivity contribution in [2.45, 2.75) is 78.1 Å². The van der Waals surface area contributed by atoms with Crippen LogP contribution < -0.4 is 0 Å². The molecule has 0 radical (unpaired) electrons. The molecular formula is C51H56N2O12. The largest absolute Gasteiger partial charge is 0.481 e. The molecular weight excluding hydrogens is 833 g/mol. The Kier molecular flexibility index (Phi) is 24.9. The third-order valence-corrected chi connectivity index (χ3v) is 9.36. The molecule has 65 heavy (non-hydrogen) atoms. The van der Waals surface area contributed by atoms with Gasteiger partial charge in [-0.2, -0.15) is 0 Å². The number of carboxylic acid groups (broad SMARTS) is 6. The Balaban J connectivity index is 0.000000272. The highest BCUT2D eigenvalue weighted by molar-refractivity contribution is 5.92. The minimum Gasteiger partial charge on any atom is -0.481 e. The van der Waals surface area contributed by atoms with Crippen LogP contribution in [0.1, 0.15) is 102 Å². The van der Waals surface area contributed by atoms with Crippen LogP contribution in [0.3, 0.4) is 0 Å². The van der Waals surface area contributed by atoms with Crippen LogP contribution in [0.5, 0.6) is 0 Å². The number of hydrogen-bond donors (Lipinski definition) is 6. The maximum atomic E-state index is 10.6. The van der Waals surface area contributed by atoms with Crippen LogP contribution >= 0.6 is 0 Å². The third kappa shape index (κ3) is 23.3. The summed E-state index contributed by atoms with van der Waals surface area (Å²) >= 11 is 0. The first-order valence-electron chi connectivity index (χ1n) is 20.9. The Hall–Kier alpha value is -7.74. The summed E-state index contributed by atoms with van der Waals surface area (Å²) in [5.74, 6) is -4.86. The van der Waals surface area contributed by atoms with Crippen molar-refractivity contribution in [1.29, 1.82) is 0 Å². The molecule has 7 rings (SSSR count). The maximum Gasteiger partial charge on any atom is 0.337 e. The molecule has 2 heterocycles. The lowest BCUT2D eigenvalue weighted by atomic mass is 10.1. The van der Waals surface area contributed by atoms with Crippen molar-refractivity contribution in [3.8, 4) is 0 Å². The lowest BCUT2D eigenvalue weighted by Gasteiger charge is -1.98. The molecule has 14 heteroatoms. The van der Waals surface area contributed by atoms with Crippen molar-refractivity contribution in [2.75, 3.05) is 0 Å². The van der Waals surface area contributed by atoms with E-state index in [1.54, 1.807) is 18.2 Å². The van der Waals surface area contributed by atoms with Crippen LogP contribution in [0.25, 0.3) is 27.8 Å². The number of para-hydroxylation sites is 1. The predicted molar refractivity (Wildman–Crippen MR) is 249 cm³/mol. The van der Waals surface area contributed by atoms with Gasteiger partial charge in [0, 0.05) is 42.4 Å². The van der Waals surface area contributed by atoms with Gasteiger partial charge in [0.15, 0.2) is 0 Å². The highest BCUT2D eigenvalue weighted by Crippen LogP contribution is 2.24. The van der Waals surface area contributed by atoms with Crippen LogP contribution in [0.2, 0.25) is 0 Å². The Morgan fingerprint density at radius 1 is 0.600 bits per heavy atom. The highest BCUT2D eigenvalue weighted by atomic mass is 16.4. The van der Waals surface area contributed by atoms with E-state index in [4.69, 9.17) is 30.6 Å². The Morgan fingerprint density at radius 3 is 1.72 bits per heavy atom. The Bertz CT molecular complexity index is 2450. The number of aliphatic carboxylic acids is 4. The minimum absolute atomic E-state index is 0.0185. The van der Waals surface area contributed by atoms with E-state index >= 15 is 0 Å². The molecule has 0 aliphatic heterocycles. The van der Waals surface area contributed by atoms with E-state index in [1.165, 1.54) is 18.5 Å². The van der Waals surface area contributed by atoms with Crippen LogP contribution in [0, 0.1) is 12.8 Å². The lowest BCUT2D eigenvalue weighted by Crippen LogP contribution is -2.07. The van der Waals surface area contributed by atoms with E-state index in [9.17, 15) is 28.8 Å². The molecule has 1 saturated carbocycles. The van der Waals surface area contributed by atoms with E-state index in [1.807, 2.05) is 104 Å². The summed E-state index contributed by atoms with van der Waals surface area (Å²) in [6, 6.07) is 35.7. The molecule has 2 aromatic heterocycles. The van der Waals surface area contributed by atoms with Gasteiger partial charge < -0.3 is 30.6 Å². The van der Waals surface area contributed by atoms with E-state index in [0.29, 0.717) is 12.8 Å². The number of carboxylic acids is 6. The zero-order valence-corrected chi connectivity index (χ0v) is 36.5. The van der Waals surface area contributed by atoms with Gasteiger partial charge >= 0.3 is 35.8 Å². The molecule has 6 N–H and O–H groups in total. The number of fused-ring (bicyclic) bond motifs is 2. The van der Waals surface area contributed by atoms with Crippen LogP contribution in [-0.2, 0) is 25.6 Å². The summed E-state index contributed by atoms with van der Waals surface area (Å²) in [7, 11) is 0. The number of aromatic carboxylic acids is 2. The van der Waals surface area contributed by atoms with Crippen molar-refractivity contribution in [3.63, 3.8) is 0 Å². The van der Waals surface area contributed by atoms with Gasteiger partial charge in [0.1, 0.15) is 0 Å². The number of aryl methyl sites for hydroxylation is 2. The third-order valence-electron chi connectivity index (χ3n) is 9.36. The second-order valence-corrected chi connectivity index (χ2v) is 14.5. The van der Waals surface area contributed by atoms with Gasteiger partial charge in [0.25, 0.3) is 0 Å². The van der Waals surface area contributed by atoms with E-state index in [2.05, 4.69) is 16.9 Å². The molecule has 4 aromatic carbocycles. The van der Waals surface area contributed by atoms with Crippen molar-refractivity contribution < 1.29 is 59.4 Å². The molecule has 6 aromatic rings. The Morgan fingerprint density at radius 2 is 1.18 bits per heavy atom. The first kappa shape index (κ1) is 53.4. The summed E-state index contributed by atoms with van der Waals surface area (Å²) in [5, 5.41) is 53.7. The monoisotopic (exact) mass is 888 g/mol. The molecule has 0 saturated heterocycles. The molecule has 1 aliphatic rings. The SMILES string of the molecule is CCCCCC(=O)O.Cc1ccc(C(=O)O)cn1.O=C(O)/C=C/c1ccc2ccccc2c1.O=C(O)C1CCCC1.O=C(O)CCc1ccccc1.O=C(O)c1cnc2ccccc2c1. The van der Waals surface area contributed by atoms with Crippen LogP contribution in [-0.4, -0.2) is 76.4 Å². The van der Waals surface area contributed by atoms with E-state index in [-0.39, 0.29) is 23.5 Å². The maximum absolute atomic E-state index is 10.6. The molecule has 14 nitrogen and oxygen atoms in total. The van der Waals surface area contributed by atoms with Gasteiger partial charge in [0.05, 0.1) is 22.6 Å². The number of pyridine rings is 2. The zero-order chi connectivity index (χ0) is 48.0. The molecule has 1 aliphatic carbocycles. The standard InChI is InChI=1S/C13H10O2.C10H7NO2.C9H10O2.C7H7NO2.C6H10O2.C6H12O2/c14-13(15)8-6-10-5-7-11-3-1-2-4-12(11)9-10;12-10(13)8-5-7-3-1-2-4-9(7)11-6-8;10-9(11)7-6-8-4-2-1-3-5-8;1-5-2-3-6(4-8-5)7(9)10;7-6(8)5-3-1-2-4-5;1-2-3-4-5-6(7)8/h1-9H,(H,14,15);1-6H,(H,12,13);1-5H,6-7H2,(H,10,11);2-4H,1H3,(H,9,10);5H,1-4H2,(H,7,8);2-5H2,1H3,(H,7,8)/b8-6+;;;;;. The highest BCUT2D eigenvalue weighted by Gasteiger charge is 2.21. The molecule has 0 spiro atoms. The van der Waals surface area contributed by atoms with E-state index < -0.39 is 35.8 Å². The number of nitrogens with zero attached hydrogens (tertiary/aromatic N) is 2. The van der Waals surface area contributed by atoms with Crippen molar-refractivity contribution in [2.24, 2.45) is 5.92 Å². The van der Waals surface area contributed by atoms with Crippen LogP contribution in [0.15, 0.2) is 134 Å². The molecule has 1 fully saturated rings. The van der Waals surface area contributed by atoms with Gasteiger partial charge in [-0.05, 0) is 90.9 Å². The number of unbranched alkanes of at least 4 members (excludes halogenated alkanes) is 2. The molecule has 0 bridgehead atoms. The first-order chi connectivity index (χ1) is 31.1. The fraction of sp³-hybridized carbons (Fsp3) is 0.255. The topological polar surface area (TPSA) is 250 Å². The fourth-order valence-corrected chi connectivity index (χ4v) is 5.86. The summed E-state index contributed by atoms with van der Waals surface area (Å²) in [6.07, 6.45) is 13.6. The predicted octanol–water partition coefficient (Wildman–Crippen LogP) is 10.6. The second kappa shape index (κ2) is 30.3. The number of hydrogen-bond acceptors (Lipinski definition) is 8. The number of carbonyl (C=O) groups is 6. The van der Waals surface area contributed by atoms with Crippen LogP contribution in [0.4, 0.5) is 0 Å². The van der Waals surface area contributed by atoms with Crippen molar-refractivity contribution in [3.05, 3.63) is 162 Å². The lowest BCUT2D eigenvalue weighted by molar-refractivity contribution is -0.141. The molecule has 0 unspecified atom stereocenters. The average molecular weight is 889 g/mol. The fourth-order valence-electron chi connectivity index (χ4n) is 5.86. The van der Waals surface area contributed by atoms with Gasteiger partial charge in [-0.1, -0.05) is 118 Å². The number of aromatic nitrogens is 2. The smallest absolute Gasteiger partial charge is 0.337 e. The van der Waals surface area contributed by atoms with Gasteiger partial charge in [-0.15, -0.1) is 0 Å². The average Bonchev–Trinajstić information content (AvgIpc) is 3.85. The first-order valence-corrected chi connectivity index (χ1v) is 20.9. The van der Waals surface area contributed by atoms with Gasteiger partial charge in [0.2, 0.25) is 0 Å². The Labute approximate surface area is 377 Å². The van der Waals surface area contributed by atoms with Crippen molar-refractivity contribution >= 4 is 63.6 Å². The van der Waals surface area contributed by atoms with Gasteiger partial charge in [-0.3, -0.25) is 24.4 Å².